The molecule has 1 aromatic carbocycles. The van der Waals surface area contributed by atoms with E-state index in [0.717, 1.165) is 22.8 Å². The highest BCUT2D eigenvalue weighted by atomic mass is 16.6. The van der Waals surface area contributed by atoms with Crippen molar-refractivity contribution in [3.8, 4) is 11.5 Å². The molecule has 1 N–H and O–H groups in total. The highest BCUT2D eigenvalue weighted by molar-refractivity contribution is 5.88. The van der Waals surface area contributed by atoms with Crippen molar-refractivity contribution in [2.45, 2.75) is 13.3 Å². The fourth-order valence-corrected chi connectivity index (χ4v) is 2.52. The molecule has 0 spiro atoms. The largest absolute Gasteiger partial charge is 0.486 e. The maximum atomic E-state index is 11.8. The van der Waals surface area contributed by atoms with Crippen LogP contribution in [-0.4, -0.2) is 38.2 Å². The van der Waals surface area contributed by atoms with E-state index in [9.17, 15) is 9.59 Å². The molecule has 0 radical (unpaired) electrons. The zero-order chi connectivity index (χ0) is 19.1. The summed E-state index contributed by atoms with van der Waals surface area (Å²) in [5.74, 6) is 1.79. The van der Waals surface area contributed by atoms with Gasteiger partial charge in [0.25, 0.3) is 5.91 Å². The number of nitrogens with one attached hydrogen (secondary N) is 1. The van der Waals surface area contributed by atoms with Crippen LogP contribution in [0.5, 0.6) is 11.5 Å². The molecular weight excluding hydrogens is 350 g/mol. The molecule has 7 heteroatoms. The second kappa shape index (κ2) is 8.93. The minimum absolute atomic E-state index is 0.332. The van der Waals surface area contributed by atoms with Gasteiger partial charge in [-0.25, -0.2) is 4.79 Å². The first kappa shape index (κ1) is 18.6. The normalized spacial score (nSPS) is 12.8. The lowest BCUT2D eigenvalue weighted by molar-refractivity contribution is -0.143. The van der Waals surface area contributed by atoms with Gasteiger partial charge in [0.2, 0.25) is 0 Å². The lowest BCUT2D eigenvalue weighted by Gasteiger charge is -2.18. The minimum atomic E-state index is -0.606. The number of benzene rings is 1. The summed E-state index contributed by atoms with van der Waals surface area (Å²) in [4.78, 5) is 23.4. The Bertz CT molecular complexity index is 839. The fourth-order valence-electron chi connectivity index (χ4n) is 2.52. The van der Waals surface area contributed by atoms with E-state index in [2.05, 4.69) is 5.32 Å². The maximum Gasteiger partial charge on any atom is 0.331 e. The van der Waals surface area contributed by atoms with Crippen molar-refractivity contribution in [2.24, 2.45) is 0 Å². The van der Waals surface area contributed by atoms with E-state index in [1.807, 2.05) is 25.1 Å². The van der Waals surface area contributed by atoms with Gasteiger partial charge in [-0.1, -0.05) is 6.07 Å². The van der Waals surface area contributed by atoms with E-state index >= 15 is 0 Å². The summed E-state index contributed by atoms with van der Waals surface area (Å²) in [5.41, 5.74) is 1.02. The lowest BCUT2D eigenvalue weighted by Crippen LogP contribution is -2.30. The smallest absolute Gasteiger partial charge is 0.331 e. The number of fused-ring (bicyclic) bond motifs is 1. The molecule has 1 aliphatic heterocycles. The summed E-state index contributed by atoms with van der Waals surface area (Å²) in [6.07, 6.45) is 3.35. The van der Waals surface area contributed by atoms with E-state index in [-0.39, 0.29) is 12.5 Å². The maximum absolute atomic E-state index is 11.8. The molecule has 3 rings (SSSR count). The average molecular weight is 371 g/mol. The molecule has 0 saturated heterocycles. The molecule has 27 heavy (non-hydrogen) atoms. The Kier molecular flexibility index (Phi) is 6.14. The van der Waals surface area contributed by atoms with Crippen LogP contribution in [0, 0.1) is 6.92 Å². The zero-order valence-electron chi connectivity index (χ0n) is 15.0. The first-order valence-corrected chi connectivity index (χ1v) is 8.66. The Morgan fingerprint density at radius 2 is 1.96 bits per heavy atom. The number of esters is 1. The second-order valence-electron chi connectivity index (χ2n) is 5.97. The lowest BCUT2D eigenvalue weighted by atomic mass is 10.1. The van der Waals surface area contributed by atoms with Crippen LogP contribution in [0.3, 0.4) is 0 Å². The van der Waals surface area contributed by atoms with Crippen LogP contribution in [0.1, 0.15) is 17.1 Å². The van der Waals surface area contributed by atoms with Crippen LogP contribution in [0.4, 0.5) is 0 Å². The number of amides is 1. The molecule has 0 saturated carbocycles. The highest BCUT2D eigenvalue weighted by Crippen LogP contribution is 2.30. The molecule has 1 aromatic heterocycles. The van der Waals surface area contributed by atoms with Crippen molar-refractivity contribution in [3.63, 3.8) is 0 Å². The van der Waals surface area contributed by atoms with E-state index in [4.69, 9.17) is 18.6 Å². The highest BCUT2D eigenvalue weighted by Gasteiger charge is 2.12. The van der Waals surface area contributed by atoms with Gasteiger partial charge in [-0.15, -0.1) is 0 Å². The molecule has 0 atom stereocenters. The van der Waals surface area contributed by atoms with Crippen molar-refractivity contribution >= 4 is 18.0 Å². The van der Waals surface area contributed by atoms with Crippen molar-refractivity contribution in [1.82, 2.24) is 5.32 Å². The quantitative estimate of drug-likeness (QED) is 0.593. The molecule has 0 fully saturated rings. The van der Waals surface area contributed by atoms with Crippen molar-refractivity contribution in [3.05, 3.63) is 53.5 Å². The van der Waals surface area contributed by atoms with Crippen molar-refractivity contribution < 1.29 is 28.2 Å². The number of carbonyl (C=O) groups excluding carboxylic acids is 2. The van der Waals surface area contributed by atoms with Gasteiger partial charge < -0.3 is 23.9 Å². The summed E-state index contributed by atoms with van der Waals surface area (Å²) in [6.45, 7) is 2.99. The van der Waals surface area contributed by atoms with Gasteiger partial charge >= 0.3 is 5.97 Å². The van der Waals surface area contributed by atoms with E-state index in [1.165, 1.54) is 12.2 Å². The molecule has 0 aliphatic carbocycles. The van der Waals surface area contributed by atoms with E-state index in [1.54, 1.807) is 12.1 Å². The average Bonchev–Trinajstić information content (AvgIpc) is 3.10. The van der Waals surface area contributed by atoms with Crippen LogP contribution in [0.15, 0.2) is 40.8 Å². The van der Waals surface area contributed by atoms with Gasteiger partial charge in [0.15, 0.2) is 18.1 Å². The Balaban J connectivity index is 1.36. The molecular formula is C20H21NO6. The fraction of sp³-hybridized carbons (Fsp3) is 0.300. The number of hydrogen-bond acceptors (Lipinski definition) is 6. The number of furan rings is 1. The Morgan fingerprint density at radius 3 is 2.74 bits per heavy atom. The van der Waals surface area contributed by atoms with Crippen LogP contribution < -0.4 is 14.8 Å². The Hall–Kier alpha value is -3.22. The first-order chi connectivity index (χ1) is 13.1. The van der Waals surface area contributed by atoms with Gasteiger partial charge in [-0.3, -0.25) is 4.79 Å². The van der Waals surface area contributed by atoms with Gasteiger partial charge in [-0.05, 0) is 49.2 Å². The van der Waals surface area contributed by atoms with Crippen LogP contribution in [-0.2, 0) is 20.7 Å². The second-order valence-corrected chi connectivity index (χ2v) is 5.97. The molecule has 7 nitrogen and oxygen atoms in total. The minimum Gasteiger partial charge on any atom is -0.486 e. The van der Waals surface area contributed by atoms with Gasteiger partial charge in [0, 0.05) is 12.6 Å². The van der Waals surface area contributed by atoms with Crippen LogP contribution >= 0.6 is 0 Å². The van der Waals surface area contributed by atoms with Crippen molar-refractivity contribution in [2.75, 3.05) is 26.4 Å². The third kappa shape index (κ3) is 5.64. The van der Waals surface area contributed by atoms with Crippen molar-refractivity contribution in [1.29, 1.82) is 0 Å². The summed E-state index contributed by atoms with van der Waals surface area (Å²) in [5, 5.41) is 2.71. The van der Waals surface area contributed by atoms with Crippen LogP contribution in [0.2, 0.25) is 0 Å². The predicted octanol–water partition coefficient (Wildman–Crippen LogP) is 2.27. The molecule has 1 aliphatic rings. The summed E-state index contributed by atoms with van der Waals surface area (Å²) in [7, 11) is 0. The Labute approximate surface area is 156 Å². The summed E-state index contributed by atoms with van der Waals surface area (Å²) < 4.78 is 21.2. The monoisotopic (exact) mass is 371 g/mol. The van der Waals surface area contributed by atoms with E-state index in [0.29, 0.717) is 31.9 Å². The summed E-state index contributed by atoms with van der Waals surface area (Å²) >= 11 is 0. The summed E-state index contributed by atoms with van der Waals surface area (Å²) in [6, 6.07) is 9.23. The topological polar surface area (TPSA) is 87.0 Å². The molecule has 0 unspecified atom stereocenters. The van der Waals surface area contributed by atoms with Gasteiger partial charge in [-0.2, -0.15) is 0 Å². The number of ether oxygens (including phenoxy) is 3. The number of aryl methyl sites for hydroxylation is 1. The Morgan fingerprint density at radius 1 is 1.15 bits per heavy atom. The van der Waals surface area contributed by atoms with Gasteiger partial charge in [0.1, 0.15) is 24.7 Å². The first-order valence-electron chi connectivity index (χ1n) is 8.66. The number of carbonyl (C=O) groups is 2. The molecule has 2 aromatic rings. The molecule has 142 valence electrons. The predicted molar refractivity (Wildman–Crippen MR) is 97.6 cm³/mol. The molecule has 2 heterocycles. The van der Waals surface area contributed by atoms with Crippen LogP contribution in [0.25, 0.3) is 6.08 Å². The van der Waals surface area contributed by atoms with E-state index < -0.39 is 5.97 Å². The number of hydrogen-bond donors (Lipinski definition) is 1. The number of rotatable bonds is 7. The van der Waals surface area contributed by atoms with Gasteiger partial charge in [0.05, 0.1) is 0 Å². The third-order valence-corrected chi connectivity index (χ3v) is 3.83. The SMILES string of the molecule is Cc1ccc(C=CC(=O)OCC(=O)NCCc2ccc3c(c2)OCCO3)o1. The zero-order valence-corrected chi connectivity index (χ0v) is 15.0. The standard InChI is InChI=1S/C20H21NO6/c1-14-2-4-16(27-14)5-7-20(23)26-13-19(22)21-9-8-15-3-6-17-18(12-15)25-11-10-24-17/h2-7,12H,8-11,13H2,1H3,(H,21,22). The molecule has 0 bridgehead atoms. The molecule has 1 amide bonds. The third-order valence-electron chi connectivity index (χ3n) is 3.83.